The molecule has 126 valence electrons. The number of rotatable bonds is 2. The summed E-state index contributed by atoms with van der Waals surface area (Å²) >= 11 is 1.76. The highest BCUT2D eigenvalue weighted by Crippen LogP contribution is 2.34. The second kappa shape index (κ2) is 5.73. The number of fused-ring (bicyclic) bond motifs is 1. The largest absolute Gasteiger partial charge is 0.351 e. The predicted molar refractivity (Wildman–Crippen MR) is 91.7 cm³/mol. The van der Waals surface area contributed by atoms with Crippen LogP contribution in [0, 0.1) is 20.8 Å². The Morgan fingerprint density at radius 3 is 2.71 bits per heavy atom. The molecule has 3 aromatic heterocycles. The van der Waals surface area contributed by atoms with Crippen LogP contribution in [0.15, 0.2) is 16.0 Å². The van der Waals surface area contributed by atoms with E-state index in [1.54, 1.807) is 17.4 Å². The minimum absolute atomic E-state index is 0.0628. The molecule has 1 aliphatic heterocycles. The highest BCUT2D eigenvalue weighted by Gasteiger charge is 2.29. The molecule has 6 nitrogen and oxygen atoms in total. The highest BCUT2D eigenvalue weighted by atomic mass is 32.1. The molecule has 0 radical (unpaired) electrons. The van der Waals surface area contributed by atoms with Crippen molar-refractivity contribution in [1.29, 1.82) is 0 Å². The Bertz CT molecular complexity index is 899. The Balaban J connectivity index is 1.50. The number of amides is 1. The number of carbonyl (C=O) groups excluding carboxylic acids is 1. The number of piperidine rings is 1. The fourth-order valence-electron chi connectivity index (χ4n) is 3.50. The van der Waals surface area contributed by atoms with Crippen LogP contribution in [0.4, 0.5) is 0 Å². The zero-order valence-corrected chi connectivity index (χ0v) is 14.9. The molecule has 1 amide bonds. The molecule has 1 fully saturated rings. The Labute approximate surface area is 144 Å². The summed E-state index contributed by atoms with van der Waals surface area (Å²) in [5.74, 6) is 1.73. The second-order valence-electron chi connectivity index (χ2n) is 6.46. The standard InChI is InChI=1S/C17H20N4O2S/c1-10-8-14(23-19-10)16(22)20-6-4-13(5-7-20)15-17-21(12(3)18-15)11(2)9-24-17/h8-9,13H,4-7H2,1-3H3. The van der Waals surface area contributed by atoms with Crippen LogP contribution in [0.3, 0.4) is 0 Å². The summed E-state index contributed by atoms with van der Waals surface area (Å²) < 4.78 is 7.33. The lowest BCUT2D eigenvalue weighted by molar-refractivity contribution is 0.0670. The van der Waals surface area contributed by atoms with Gasteiger partial charge in [0.2, 0.25) is 5.76 Å². The zero-order valence-electron chi connectivity index (χ0n) is 14.1. The topological polar surface area (TPSA) is 63.6 Å². The van der Waals surface area contributed by atoms with Crippen LogP contribution in [0.2, 0.25) is 0 Å². The molecule has 0 aliphatic carbocycles. The van der Waals surface area contributed by atoms with E-state index >= 15 is 0 Å². The number of hydrogen-bond acceptors (Lipinski definition) is 5. The molecular formula is C17H20N4O2S. The van der Waals surface area contributed by atoms with Crippen LogP contribution in [0.5, 0.6) is 0 Å². The van der Waals surface area contributed by atoms with Crippen molar-refractivity contribution >= 4 is 22.1 Å². The second-order valence-corrected chi connectivity index (χ2v) is 7.32. The molecule has 4 rings (SSSR count). The van der Waals surface area contributed by atoms with E-state index in [4.69, 9.17) is 9.51 Å². The molecule has 4 heterocycles. The van der Waals surface area contributed by atoms with Crippen molar-refractivity contribution in [3.05, 3.63) is 40.1 Å². The average Bonchev–Trinajstić information content (AvgIpc) is 3.26. The van der Waals surface area contributed by atoms with Crippen molar-refractivity contribution in [1.82, 2.24) is 19.4 Å². The van der Waals surface area contributed by atoms with Gasteiger partial charge in [0.25, 0.3) is 5.91 Å². The first-order chi connectivity index (χ1) is 11.5. The van der Waals surface area contributed by atoms with Crippen molar-refractivity contribution in [2.24, 2.45) is 0 Å². The van der Waals surface area contributed by atoms with Crippen molar-refractivity contribution in [3.8, 4) is 0 Å². The van der Waals surface area contributed by atoms with Gasteiger partial charge >= 0.3 is 0 Å². The normalized spacial score (nSPS) is 16.2. The lowest BCUT2D eigenvalue weighted by Crippen LogP contribution is -2.37. The fourth-order valence-corrected chi connectivity index (χ4v) is 4.60. The maximum atomic E-state index is 12.5. The van der Waals surface area contributed by atoms with Crippen LogP contribution < -0.4 is 0 Å². The molecule has 0 aromatic carbocycles. The Morgan fingerprint density at radius 1 is 1.29 bits per heavy atom. The molecule has 24 heavy (non-hydrogen) atoms. The van der Waals surface area contributed by atoms with E-state index in [9.17, 15) is 4.79 Å². The molecule has 0 atom stereocenters. The quantitative estimate of drug-likeness (QED) is 0.715. The highest BCUT2D eigenvalue weighted by molar-refractivity contribution is 7.15. The van der Waals surface area contributed by atoms with E-state index in [2.05, 4.69) is 28.8 Å². The van der Waals surface area contributed by atoms with Crippen LogP contribution in [0.25, 0.3) is 4.83 Å². The number of imidazole rings is 1. The van der Waals surface area contributed by atoms with Gasteiger partial charge in [-0.15, -0.1) is 11.3 Å². The number of carbonyl (C=O) groups is 1. The summed E-state index contributed by atoms with van der Waals surface area (Å²) in [4.78, 5) is 20.4. The molecule has 0 spiro atoms. The monoisotopic (exact) mass is 344 g/mol. The average molecular weight is 344 g/mol. The van der Waals surface area contributed by atoms with Gasteiger partial charge in [0.15, 0.2) is 0 Å². The molecule has 0 saturated carbocycles. The maximum Gasteiger partial charge on any atom is 0.292 e. The fraction of sp³-hybridized carbons (Fsp3) is 0.471. The number of thiazole rings is 1. The van der Waals surface area contributed by atoms with E-state index in [-0.39, 0.29) is 5.91 Å². The Kier molecular flexibility index (Phi) is 3.68. The number of aromatic nitrogens is 3. The molecule has 0 bridgehead atoms. The first-order valence-corrected chi connectivity index (χ1v) is 9.08. The summed E-state index contributed by atoms with van der Waals surface area (Å²) in [6.07, 6.45) is 1.86. The minimum Gasteiger partial charge on any atom is -0.351 e. The van der Waals surface area contributed by atoms with Gasteiger partial charge in [-0.25, -0.2) is 4.98 Å². The SMILES string of the molecule is Cc1cc(C(=O)N2CCC(c3nc(C)n4c(C)csc34)CC2)on1. The third kappa shape index (κ3) is 2.43. The van der Waals surface area contributed by atoms with Crippen molar-refractivity contribution < 1.29 is 9.32 Å². The van der Waals surface area contributed by atoms with Crippen molar-refractivity contribution in [2.45, 2.75) is 39.5 Å². The van der Waals surface area contributed by atoms with Gasteiger partial charge in [-0.3, -0.25) is 9.20 Å². The van der Waals surface area contributed by atoms with Crippen LogP contribution in [-0.2, 0) is 0 Å². The van der Waals surface area contributed by atoms with E-state index < -0.39 is 0 Å². The molecule has 1 saturated heterocycles. The van der Waals surface area contributed by atoms with Gasteiger partial charge in [0.05, 0.1) is 11.4 Å². The summed E-state index contributed by atoms with van der Waals surface area (Å²) in [6.45, 7) is 7.45. The van der Waals surface area contributed by atoms with Gasteiger partial charge in [-0.1, -0.05) is 5.16 Å². The van der Waals surface area contributed by atoms with Gasteiger partial charge in [-0.05, 0) is 33.6 Å². The summed E-state index contributed by atoms with van der Waals surface area (Å²) in [6, 6.07) is 1.70. The number of nitrogens with zero attached hydrogens (tertiary/aromatic N) is 4. The molecule has 7 heteroatoms. The predicted octanol–water partition coefficient (Wildman–Crippen LogP) is 3.33. The van der Waals surface area contributed by atoms with Gasteiger partial charge < -0.3 is 9.42 Å². The molecule has 3 aromatic rings. The molecule has 0 N–H and O–H groups in total. The maximum absolute atomic E-state index is 12.5. The first-order valence-electron chi connectivity index (χ1n) is 8.20. The van der Waals surface area contributed by atoms with Gasteiger partial charge in [0.1, 0.15) is 10.7 Å². The molecule has 1 aliphatic rings. The van der Waals surface area contributed by atoms with Crippen molar-refractivity contribution in [2.75, 3.05) is 13.1 Å². The molecule has 0 unspecified atom stereocenters. The zero-order chi connectivity index (χ0) is 16.8. The first kappa shape index (κ1) is 15.4. The van der Waals surface area contributed by atoms with Gasteiger partial charge in [0, 0.05) is 36.1 Å². The van der Waals surface area contributed by atoms with Crippen molar-refractivity contribution in [3.63, 3.8) is 0 Å². The smallest absolute Gasteiger partial charge is 0.292 e. The Morgan fingerprint density at radius 2 is 2.04 bits per heavy atom. The number of likely N-dealkylation sites (tertiary alicyclic amines) is 1. The molecular weight excluding hydrogens is 324 g/mol. The minimum atomic E-state index is -0.0628. The van der Waals surface area contributed by atoms with Crippen LogP contribution in [0.1, 0.15) is 52.2 Å². The van der Waals surface area contributed by atoms with E-state index in [0.29, 0.717) is 11.7 Å². The number of hydrogen-bond donors (Lipinski definition) is 0. The van der Waals surface area contributed by atoms with E-state index in [1.165, 1.54) is 16.2 Å². The lowest BCUT2D eigenvalue weighted by atomic mass is 9.94. The third-order valence-corrected chi connectivity index (χ3v) is 5.80. The van der Waals surface area contributed by atoms with Crippen LogP contribution >= 0.6 is 11.3 Å². The van der Waals surface area contributed by atoms with Crippen LogP contribution in [-0.4, -0.2) is 38.4 Å². The van der Waals surface area contributed by atoms with E-state index in [1.807, 2.05) is 11.8 Å². The Hall–Kier alpha value is -2.15. The third-order valence-electron chi connectivity index (χ3n) is 4.73. The summed E-state index contributed by atoms with van der Waals surface area (Å²) in [5.41, 5.74) is 3.16. The summed E-state index contributed by atoms with van der Waals surface area (Å²) in [5, 5.41) is 5.98. The summed E-state index contributed by atoms with van der Waals surface area (Å²) in [7, 11) is 0. The lowest BCUT2D eigenvalue weighted by Gasteiger charge is -2.30. The van der Waals surface area contributed by atoms with E-state index in [0.717, 1.165) is 37.4 Å². The number of aryl methyl sites for hydroxylation is 3. The van der Waals surface area contributed by atoms with Gasteiger partial charge in [-0.2, -0.15) is 0 Å².